The first-order valence-electron chi connectivity index (χ1n) is 8.23. The molecule has 0 radical (unpaired) electrons. The molecule has 3 aromatic rings. The van der Waals surface area contributed by atoms with Crippen LogP contribution in [0, 0.1) is 0 Å². The van der Waals surface area contributed by atoms with Crippen molar-refractivity contribution >= 4 is 38.8 Å². The fraction of sp³-hybridized carbons (Fsp3) is 0.143. The molecular weight excluding hydrogens is 428 g/mol. The van der Waals surface area contributed by atoms with E-state index in [4.69, 9.17) is 18.6 Å². The average Bonchev–Trinajstić information content (AvgIpc) is 2.70. The van der Waals surface area contributed by atoms with E-state index in [1.54, 1.807) is 36.4 Å². The summed E-state index contributed by atoms with van der Waals surface area (Å²) in [5, 5.41) is 0.648. The van der Waals surface area contributed by atoms with Crippen molar-refractivity contribution in [1.29, 1.82) is 0 Å². The third-order valence-electron chi connectivity index (χ3n) is 4.11. The average molecular weight is 445 g/mol. The van der Waals surface area contributed by atoms with Gasteiger partial charge in [0.05, 0.1) is 21.3 Å². The van der Waals surface area contributed by atoms with Crippen LogP contribution < -0.4 is 19.8 Å². The summed E-state index contributed by atoms with van der Waals surface area (Å²) in [6.07, 6.45) is 2.84. The van der Waals surface area contributed by atoms with Crippen LogP contribution in [-0.2, 0) is 0 Å². The number of hydrogen-bond donors (Lipinski definition) is 0. The Kier molecular flexibility index (Phi) is 5.84. The van der Waals surface area contributed by atoms with E-state index in [1.165, 1.54) is 33.5 Å². The molecule has 0 aliphatic carbocycles. The van der Waals surface area contributed by atoms with Gasteiger partial charge in [-0.15, -0.1) is 0 Å². The van der Waals surface area contributed by atoms with Crippen LogP contribution in [0.4, 0.5) is 0 Å². The molecule has 1 heterocycles. The van der Waals surface area contributed by atoms with Crippen LogP contribution in [0.3, 0.4) is 0 Å². The third-order valence-corrected chi connectivity index (χ3v) is 4.60. The highest BCUT2D eigenvalue weighted by atomic mass is 79.9. The number of hydrogen-bond acceptors (Lipinski definition) is 6. The zero-order chi connectivity index (χ0) is 20.3. The summed E-state index contributed by atoms with van der Waals surface area (Å²) in [5.74, 6) is 0.853. The molecule has 1 aromatic heterocycles. The van der Waals surface area contributed by atoms with E-state index >= 15 is 0 Å². The number of ether oxygens (including phenoxy) is 3. The number of fused-ring (bicyclic) bond motifs is 1. The van der Waals surface area contributed by atoms with Gasteiger partial charge in [-0.2, -0.15) is 0 Å². The highest BCUT2D eigenvalue weighted by Gasteiger charge is 2.16. The molecule has 6 nitrogen and oxygen atoms in total. The molecule has 0 amide bonds. The molecule has 0 saturated carbocycles. The molecular formula is C21H17BrO6. The predicted molar refractivity (Wildman–Crippen MR) is 110 cm³/mol. The van der Waals surface area contributed by atoms with Crippen molar-refractivity contribution in [2.24, 2.45) is 0 Å². The number of carbonyl (C=O) groups excluding carboxylic acids is 1. The summed E-state index contributed by atoms with van der Waals surface area (Å²) in [7, 11) is 4.51. The SMILES string of the molecule is COc1ccc(C=CC(=O)c2cc3cc(Br)ccc3oc2=O)c(OC)c1OC. The van der Waals surface area contributed by atoms with Crippen LogP contribution in [0.1, 0.15) is 15.9 Å². The molecule has 0 N–H and O–H groups in total. The molecule has 0 atom stereocenters. The van der Waals surface area contributed by atoms with Crippen molar-refractivity contribution in [2.45, 2.75) is 0 Å². The fourth-order valence-electron chi connectivity index (χ4n) is 2.78. The minimum Gasteiger partial charge on any atom is -0.493 e. The van der Waals surface area contributed by atoms with Gasteiger partial charge in [0, 0.05) is 15.4 Å². The summed E-state index contributed by atoms with van der Waals surface area (Å²) in [5.41, 5.74) is 0.266. The first-order valence-corrected chi connectivity index (χ1v) is 9.02. The van der Waals surface area contributed by atoms with E-state index in [0.717, 1.165) is 4.47 Å². The van der Waals surface area contributed by atoms with Gasteiger partial charge < -0.3 is 18.6 Å². The van der Waals surface area contributed by atoms with Crippen LogP contribution in [0.5, 0.6) is 17.2 Å². The monoisotopic (exact) mass is 444 g/mol. The van der Waals surface area contributed by atoms with Gasteiger partial charge in [0.1, 0.15) is 11.1 Å². The lowest BCUT2D eigenvalue weighted by molar-refractivity contribution is 0.104. The molecule has 0 aliphatic heterocycles. The van der Waals surface area contributed by atoms with Gasteiger partial charge in [0.2, 0.25) is 5.75 Å². The van der Waals surface area contributed by atoms with Crippen LogP contribution in [0.2, 0.25) is 0 Å². The van der Waals surface area contributed by atoms with E-state index in [9.17, 15) is 9.59 Å². The zero-order valence-corrected chi connectivity index (χ0v) is 17.0. The summed E-state index contributed by atoms with van der Waals surface area (Å²) in [6.45, 7) is 0. The van der Waals surface area contributed by atoms with E-state index in [1.807, 2.05) is 0 Å². The maximum absolute atomic E-state index is 12.6. The van der Waals surface area contributed by atoms with Crippen molar-refractivity contribution in [1.82, 2.24) is 0 Å². The second-order valence-corrected chi connectivity index (χ2v) is 6.67. The molecule has 0 spiro atoms. The molecule has 2 aromatic carbocycles. The Hall–Kier alpha value is -3.06. The van der Waals surface area contributed by atoms with E-state index < -0.39 is 11.4 Å². The lowest BCUT2D eigenvalue weighted by Gasteiger charge is -2.13. The molecule has 144 valence electrons. The topological polar surface area (TPSA) is 75.0 Å². The lowest BCUT2D eigenvalue weighted by Crippen LogP contribution is -2.11. The summed E-state index contributed by atoms with van der Waals surface area (Å²) < 4.78 is 22.0. The first kappa shape index (κ1) is 19.7. The number of benzene rings is 2. The molecule has 0 fully saturated rings. The maximum Gasteiger partial charge on any atom is 0.347 e. The molecule has 7 heteroatoms. The maximum atomic E-state index is 12.6. The number of methoxy groups -OCH3 is 3. The standard InChI is InChI=1S/C21H17BrO6/c1-25-18-8-5-12(19(26-2)20(18)27-3)4-7-16(23)15-11-13-10-14(22)6-9-17(13)28-21(15)24/h4-11H,1-3H3. The van der Waals surface area contributed by atoms with E-state index in [-0.39, 0.29) is 5.56 Å². The predicted octanol–water partition coefficient (Wildman–Crippen LogP) is 4.48. The molecule has 0 saturated heterocycles. The second kappa shape index (κ2) is 8.31. The Bertz CT molecular complexity index is 1130. The minimum absolute atomic E-state index is 0.0544. The van der Waals surface area contributed by atoms with Crippen molar-refractivity contribution < 1.29 is 23.4 Å². The Morgan fingerprint density at radius 3 is 2.43 bits per heavy atom. The molecule has 28 heavy (non-hydrogen) atoms. The fourth-order valence-corrected chi connectivity index (χ4v) is 3.16. The lowest BCUT2D eigenvalue weighted by atomic mass is 10.1. The summed E-state index contributed by atoms with van der Waals surface area (Å²) >= 11 is 3.36. The Labute approximate surface area is 169 Å². The van der Waals surface area contributed by atoms with Crippen molar-refractivity contribution in [3.8, 4) is 17.2 Å². The molecule has 0 unspecified atom stereocenters. The third kappa shape index (κ3) is 3.80. The molecule has 0 aliphatic rings. The highest BCUT2D eigenvalue weighted by molar-refractivity contribution is 9.10. The number of ketones is 1. The van der Waals surface area contributed by atoms with Gasteiger partial charge in [0.25, 0.3) is 0 Å². The van der Waals surface area contributed by atoms with Crippen LogP contribution in [0.15, 0.2) is 56.2 Å². The highest BCUT2D eigenvalue weighted by Crippen LogP contribution is 2.40. The first-order chi connectivity index (χ1) is 13.5. The van der Waals surface area contributed by atoms with Crippen molar-refractivity contribution in [3.05, 3.63) is 68.5 Å². The number of carbonyl (C=O) groups is 1. The summed E-state index contributed by atoms with van der Waals surface area (Å²) in [6, 6.07) is 10.1. The normalized spacial score (nSPS) is 11.0. The summed E-state index contributed by atoms with van der Waals surface area (Å²) in [4.78, 5) is 24.8. The van der Waals surface area contributed by atoms with E-state index in [0.29, 0.717) is 33.8 Å². The second-order valence-electron chi connectivity index (χ2n) is 5.75. The Balaban J connectivity index is 1.99. The van der Waals surface area contributed by atoms with Gasteiger partial charge in [-0.3, -0.25) is 4.79 Å². The van der Waals surface area contributed by atoms with Gasteiger partial charge in [-0.05, 0) is 48.6 Å². The Morgan fingerprint density at radius 1 is 1.00 bits per heavy atom. The number of halogens is 1. The van der Waals surface area contributed by atoms with Crippen LogP contribution in [-0.4, -0.2) is 27.1 Å². The minimum atomic E-state index is -0.691. The van der Waals surface area contributed by atoms with Crippen molar-refractivity contribution in [2.75, 3.05) is 21.3 Å². The quantitative estimate of drug-likeness (QED) is 0.317. The van der Waals surface area contributed by atoms with Crippen molar-refractivity contribution in [3.63, 3.8) is 0 Å². The van der Waals surface area contributed by atoms with Crippen LogP contribution >= 0.6 is 15.9 Å². The van der Waals surface area contributed by atoms with Crippen LogP contribution in [0.25, 0.3) is 17.0 Å². The molecule has 3 rings (SSSR count). The van der Waals surface area contributed by atoms with E-state index in [2.05, 4.69) is 15.9 Å². The van der Waals surface area contributed by atoms with Gasteiger partial charge in [-0.25, -0.2) is 4.79 Å². The number of rotatable bonds is 6. The largest absolute Gasteiger partial charge is 0.493 e. The van der Waals surface area contributed by atoms with Gasteiger partial charge >= 0.3 is 5.63 Å². The molecule has 0 bridgehead atoms. The zero-order valence-electron chi connectivity index (χ0n) is 15.4. The smallest absolute Gasteiger partial charge is 0.347 e. The number of allylic oxidation sites excluding steroid dienone is 1. The van der Waals surface area contributed by atoms with Gasteiger partial charge in [0.15, 0.2) is 17.3 Å². The van der Waals surface area contributed by atoms with Gasteiger partial charge in [-0.1, -0.05) is 15.9 Å². The Morgan fingerprint density at radius 2 is 1.75 bits per heavy atom.